The SMILES string of the molecule is CCCCCCCCCCCC(=O)Oc1ccc(C=CC(=O)c2ccc(OC)cc2OC)c(OC)c1. The fourth-order valence-electron chi connectivity index (χ4n) is 3.91. The molecule has 2 rings (SSSR count). The Hall–Kier alpha value is -3.28. The van der Waals surface area contributed by atoms with E-state index >= 15 is 0 Å². The Kier molecular flexibility index (Phi) is 13.2. The van der Waals surface area contributed by atoms with Gasteiger partial charge in [0, 0.05) is 24.1 Å². The topological polar surface area (TPSA) is 71.1 Å². The van der Waals surface area contributed by atoms with Crippen LogP contribution in [-0.4, -0.2) is 33.1 Å². The Morgan fingerprint density at radius 3 is 1.97 bits per heavy atom. The fraction of sp³-hybridized carbons (Fsp3) is 0.467. The third-order valence-corrected chi connectivity index (χ3v) is 6.01. The third-order valence-electron chi connectivity index (χ3n) is 6.01. The predicted octanol–water partition coefficient (Wildman–Crippen LogP) is 7.43. The summed E-state index contributed by atoms with van der Waals surface area (Å²) in [6, 6.07) is 10.2. The lowest BCUT2D eigenvalue weighted by molar-refractivity contribution is -0.134. The molecule has 0 saturated heterocycles. The van der Waals surface area contributed by atoms with Gasteiger partial charge in [-0.15, -0.1) is 0 Å². The highest BCUT2D eigenvalue weighted by atomic mass is 16.5. The van der Waals surface area contributed by atoms with Crippen LogP contribution in [-0.2, 0) is 4.79 Å². The largest absolute Gasteiger partial charge is 0.497 e. The quantitative estimate of drug-likeness (QED) is 0.0745. The predicted molar refractivity (Wildman–Crippen MR) is 143 cm³/mol. The van der Waals surface area contributed by atoms with E-state index in [2.05, 4.69) is 6.92 Å². The summed E-state index contributed by atoms with van der Waals surface area (Å²) in [6.45, 7) is 2.23. The van der Waals surface area contributed by atoms with Crippen molar-refractivity contribution in [2.45, 2.75) is 71.1 Å². The molecule has 0 aliphatic rings. The first-order valence-electron chi connectivity index (χ1n) is 12.9. The number of carbonyl (C=O) groups is 2. The normalized spacial score (nSPS) is 10.9. The smallest absolute Gasteiger partial charge is 0.311 e. The summed E-state index contributed by atoms with van der Waals surface area (Å²) in [4.78, 5) is 25.0. The Morgan fingerprint density at radius 1 is 0.722 bits per heavy atom. The van der Waals surface area contributed by atoms with Gasteiger partial charge >= 0.3 is 5.97 Å². The van der Waals surface area contributed by atoms with E-state index in [9.17, 15) is 9.59 Å². The monoisotopic (exact) mass is 496 g/mol. The first-order valence-corrected chi connectivity index (χ1v) is 12.9. The lowest BCUT2D eigenvalue weighted by Crippen LogP contribution is -2.07. The van der Waals surface area contributed by atoms with E-state index in [1.807, 2.05) is 0 Å². The number of allylic oxidation sites excluding steroid dienone is 1. The summed E-state index contributed by atoms with van der Waals surface area (Å²) in [5.74, 6) is 1.52. The summed E-state index contributed by atoms with van der Waals surface area (Å²) in [6.07, 6.45) is 14.3. The zero-order chi connectivity index (χ0) is 26.2. The van der Waals surface area contributed by atoms with Crippen LogP contribution < -0.4 is 18.9 Å². The molecule has 6 heteroatoms. The molecule has 2 aromatic rings. The molecule has 2 aromatic carbocycles. The number of esters is 1. The number of carbonyl (C=O) groups excluding carboxylic acids is 2. The molecule has 6 nitrogen and oxygen atoms in total. The van der Waals surface area contributed by atoms with E-state index in [0.29, 0.717) is 40.5 Å². The maximum atomic E-state index is 12.7. The summed E-state index contributed by atoms with van der Waals surface area (Å²) in [5, 5.41) is 0. The lowest BCUT2D eigenvalue weighted by Gasteiger charge is -2.10. The van der Waals surface area contributed by atoms with E-state index in [0.717, 1.165) is 19.3 Å². The van der Waals surface area contributed by atoms with Crippen LogP contribution in [0.5, 0.6) is 23.0 Å². The van der Waals surface area contributed by atoms with E-state index in [1.165, 1.54) is 58.8 Å². The van der Waals surface area contributed by atoms with Gasteiger partial charge in [-0.3, -0.25) is 9.59 Å². The highest BCUT2D eigenvalue weighted by molar-refractivity contribution is 6.08. The van der Waals surface area contributed by atoms with Crippen molar-refractivity contribution in [1.29, 1.82) is 0 Å². The minimum absolute atomic E-state index is 0.215. The van der Waals surface area contributed by atoms with Gasteiger partial charge in [-0.1, -0.05) is 58.3 Å². The summed E-state index contributed by atoms with van der Waals surface area (Å²) >= 11 is 0. The van der Waals surface area contributed by atoms with Crippen LogP contribution in [0.3, 0.4) is 0 Å². The summed E-state index contributed by atoms with van der Waals surface area (Å²) in [5.41, 5.74) is 1.12. The molecule has 0 fully saturated rings. The molecule has 0 saturated carbocycles. The minimum Gasteiger partial charge on any atom is -0.497 e. The number of ketones is 1. The molecule has 0 spiro atoms. The van der Waals surface area contributed by atoms with Crippen molar-refractivity contribution < 1.29 is 28.5 Å². The molecular weight excluding hydrogens is 456 g/mol. The van der Waals surface area contributed by atoms with Crippen molar-refractivity contribution in [1.82, 2.24) is 0 Å². The van der Waals surface area contributed by atoms with Gasteiger partial charge in [0.2, 0.25) is 0 Å². The molecule has 0 amide bonds. The van der Waals surface area contributed by atoms with E-state index in [1.54, 1.807) is 49.6 Å². The van der Waals surface area contributed by atoms with Crippen molar-refractivity contribution in [3.63, 3.8) is 0 Å². The van der Waals surface area contributed by atoms with E-state index in [4.69, 9.17) is 18.9 Å². The zero-order valence-corrected chi connectivity index (χ0v) is 22.1. The molecule has 0 aliphatic heterocycles. The fourth-order valence-corrected chi connectivity index (χ4v) is 3.91. The van der Waals surface area contributed by atoms with Gasteiger partial charge in [-0.05, 0) is 42.8 Å². The van der Waals surface area contributed by atoms with Crippen molar-refractivity contribution in [3.05, 3.63) is 53.6 Å². The number of methoxy groups -OCH3 is 3. The van der Waals surface area contributed by atoms with E-state index in [-0.39, 0.29) is 11.8 Å². The molecular formula is C30H40O6. The van der Waals surface area contributed by atoms with Gasteiger partial charge in [0.05, 0.1) is 26.9 Å². The van der Waals surface area contributed by atoms with Crippen LogP contribution in [0.15, 0.2) is 42.5 Å². The second-order valence-corrected chi connectivity index (χ2v) is 8.72. The van der Waals surface area contributed by atoms with Crippen LogP contribution in [0.4, 0.5) is 0 Å². The molecule has 0 aromatic heterocycles. The summed E-state index contributed by atoms with van der Waals surface area (Å²) in [7, 11) is 4.60. The van der Waals surface area contributed by atoms with E-state index < -0.39 is 0 Å². The van der Waals surface area contributed by atoms with Crippen molar-refractivity contribution >= 4 is 17.8 Å². The maximum absolute atomic E-state index is 12.7. The Morgan fingerprint density at radius 2 is 1.33 bits per heavy atom. The van der Waals surface area contributed by atoms with Gasteiger partial charge in [0.15, 0.2) is 5.78 Å². The molecule has 0 radical (unpaired) electrons. The summed E-state index contributed by atoms with van der Waals surface area (Å²) < 4.78 is 21.4. The number of rotatable bonds is 17. The molecule has 0 heterocycles. The third kappa shape index (κ3) is 9.76. The highest BCUT2D eigenvalue weighted by Gasteiger charge is 2.12. The Labute approximate surface area is 215 Å². The van der Waals surface area contributed by atoms with Crippen LogP contribution >= 0.6 is 0 Å². The lowest BCUT2D eigenvalue weighted by atomic mass is 10.1. The second kappa shape index (κ2) is 16.4. The minimum atomic E-state index is -0.245. The molecule has 0 N–H and O–H groups in total. The van der Waals surface area contributed by atoms with Crippen molar-refractivity contribution in [2.75, 3.05) is 21.3 Å². The highest BCUT2D eigenvalue weighted by Crippen LogP contribution is 2.28. The van der Waals surface area contributed by atoms with Gasteiger partial charge in [0.1, 0.15) is 23.0 Å². The number of benzene rings is 2. The number of ether oxygens (including phenoxy) is 4. The second-order valence-electron chi connectivity index (χ2n) is 8.72. The number of hydrogen-bond acceptors (Lipinski definition) is 6. The standard InChI is InChI=1S/C30H40O6/c1-5-6-7-8-9-10-11-12-13-14-30(32)36-25-17-15-23(28(22-25)34-3)16-20-27(31)26-19-18-24(33-2)21-29(26)35-4/h15-22H,5-14H2,1-4H3. The van der Waals surface area contributed by atoms with Gasteiger partial charge in [0.25, 0.3) is 0 Å². The molecule has 196 valence electrons. The zero-order valence-electron chi connectivity index (χ0n) is 22.1. The average molecular weight is 497 g/mol. The Balaban J connectivity index is 1.86. The molecule has 0 bridgehead atoms. The molecule has 0 unspecified atom stereocenters. The molecule has 0 atom stereocenters. The molecule has 36 heavy (non-hydrogen) atoms. The van der Waals surface area contributed by atoms with Crippen LogP contribution in [0.2, 0.25) is 0 Å². The van der Waals surface area contributed by atoms with Crippen molar-refractivity contribution in [2.24, 2.45) is 0 Å². The van der Waals surface area contributed by atoms with Crippen molar-refractivity contribution in [3.8, 4) is 23.0 Å². The first-order chi connectivity index (χ1) is 17.5. The van der Waals surface area contributed by atoms with Crippen LogP contribution in [0.25, 0.3) is 6.08 Å². The number of unbranched alkanes of at least 4 members (excludes halogenated alkanes) is 8. The van der Waals surface area contributed by atoms with Gasteiger partial charge in [-0.25, -0.2) is 0 Å². The van der Waals surface area contributed by atoms with Gasteiger partial charge < -0.3 is 18.9 Å². The van der Waals surface area contributed by atoms with Crippen LogP contribution in [0, 0.1) is 0 Å². The van der Waals surface area contributed by atoms with Crippen LogP contribution in [0.1, 0.15) is 87.1 Å². The first kappa shape index (κ1) is 29.0. The maximum Gasteiger partial charge on any atom is 0.311 e. The average Bonchev–Trinajstić information content (AvgIpc) is 2.90. The molecule has 0 aliphatic carbocycles. The Bertz CT molecular complexity index is 995. The number of hydrogen-bond donors (Lipinski definition) is 0. The van der Waals surface area contributed by atoms with Gasteiger partial charge in [-0.2, -0.15) is 0 Å².